The number of imidazole rings is 1. The summed E-state index contributed by atoms with van der Waals surface area (Å²) < 4.78 is 7.07. The highest BCUT2D eigenvalue weighted by atomic mass is 16.5. The zero-order valence-corrected chi connectivity index (χ0v) is 22.7. The number of carbonyl (C=O) groups is 3. The third kappa shape index (κ3) is 4.46. The van der Waals surface area contributed by atoms with Gasteiger partial charge in [0.1, 0.15) is 11.5 Å². The molecule has 0 spiro atoms. The van der Waals surface area contributed by atoms with E-state index in [-0.39, 0.29) is 28.5 Å². The van der Waals surface area contributed by atoms with Crippen LogP contribution in [0.1, 0.15) is 59.5 Å². The van der Waals surface area contributed by atoms with E-state index >= 15 is 0 Å². The van der Waals surface area contributed by atoms with Gasteiger partial charge in [-0.1, -0.05) is 30.3 Å². The maximum atomic E-state index is 13.9. The summed E-state index contributed by atoms with van der Waals surface area (Å²) >= 11 is 0. The van der Waals surface area contributed by atoms with E-state index in [4.69, 9.17) is 9.72 Å². The monoisotopic (exact) mass is 523 g/mol. The summed E-state index contributed by atoms with van der Waals surface area (Å²) in [5.41, 5.74) is 6.09. The Hall–Kier alpha value is -4.79. The molecule has 0 bridgehead atoms. The number of nitrogens with zero attached hydrogens (tertiary/aromatic N) is 4. The zero-order chi connectivity index (χ0) is 28.0. The van der Waals surface area contributed by atoms with Crippen molar-refractivity contribution in [3.8, 4) is 0 Å². The third-order valence-corrected chi connectivity index (χ3v) is 6.85. The Morgan fingerprint density at radius 3 is 2.38 bits per heavy atom. The Morgan fingerprint density at radius 2 is 1.72 bits per heavy atom. The first kappa shape index (κ1) is 25.8. The average Bonchev–Trinajstić information content (AvgIpc) is 3.45. The molecule has 3 heterocycles. The number of nitrogens with one attached hydrogen (secondary N) is 1. The minimum atomic E-state index is -0.587. The molecule has 0 aliphatic heterocycles. The van der Waals surface area contributed by atoms with E-state index in [0.29, 0.717) is 23.0 Å². The summed E-state index contributed by atoms with van der Waals surface area (Å²) in [5, 5.41) is 0.363. The van der Waals surface area contributed by atoms with Gasteiger partial charge in [0.05, 0.1) is 35.0 Å². The Kier molecular flexibility index (Phi) is 6.51. The SMILES string of the molecule is COC(=O)c1cccc2[nH]c(C(=O)N(C)C)c(C(=O)c3ccc(Cn4c(C)nc5cc(C)nc(C)c54)cc3)c12. The second kappa shape index (κ2) is 9.83. The van der Waals surface area contributed by atoms with Crippen molar-refractivity contribution >= 4 is 39.6 Å². The van der Waals surface area contributed by atoms with E-state index in [1.807, 2.05) is 39.0 Å². The van der Waals surface area contributed by atoms with Crippen LogP contribution < -0.4 is 0 Å². The van der Waals surface area contributed by atoms with E-state index in [9.17, 15) is 14.4 Å². The Bertz CT molecular complexity index is 1780. The molecular weight excluding hydrogens is 494 g/mol. The average molecular weight is 524 g/mol. The number of fused-ring (bicyclic) bond motifs is 2. The molecule has 5 aromatic rings. The number of H-pyrrole nitrogens is 1. The summed E-state index contributed by atoms with van der Waals surface area (Å²) in [4.78, 5) is 53.2. The number of aryl methyl sites for hydroxylation is 3. The molecule has 9 heteroatoms. The van der Waals surface area contributed by atoms with Gasteiger partial charge in [-0.3, -0.25) is 14.6 Å². The number of amides is 1. The Morgan fingerprint density at radius 1 is 1.00 bits per heavy atom. The van der Waals surface area contributed by atoms with Crippen LogP contribution in [0.15, 0.2) is 48.5 Å². The van der Waals surface area contributed by atoms with Gasteiger partial charge in [-0.2, -0.15) is 0 Å². The molecule has 2 aromatic carbocycles. The van der Waals surface area contributed by atoms with Crippen LogP contribution in [-0.4, -0.2) is 63.3 Å². The smallest absolute Gasteiger partial charge is 0.338 e. The largest absolute Gasteiger partial charge is 0.465 e. The molecule has 1 N–H and O–H groups in total. The summed E-state index contributed by atoms with van der Waals surface area (Å²) in [6.07, 6.45) is 0. The van der Waals surface area contributed by atoms with E-state index in [1.54, 1.807) is 44.4 Å². The molecule has 0 aliphatic rings. The molecule has 0 aliphatic carbocycles. The van der Waals surface area contributed by atoms with Crippen molar-refractivity contribution in [1.29, 1.82) is 0 Å². The topological polar surface area (TPSA) is 110 Å². The minimum absolute atomic E-state index is 0.124. The maximum absolute atomic E-state index is 13.9. The van der Waals surface area contributed by atoms with Crippen LogP contribution in [0.3, 0.4) is 0 Å². The quantitative estimate of drug-likeness (QED) is 0.257. The molecule has 3 aromatic heterocycles. The second-order valence-corrected chi connectivity index (χ2v) is 9.78. The molecule has 0 fully saturated rings. The number of esters is 1. The Balaban J connectivity index is 1.56. The van der Waals surface area contributed by atoms with Gasteiger partial charge in [0.15, 0.2) is 5.78 Å². The van der Waals surface area contributed by atoms with Crippen molar-refractivity contribution in [2.24, 2.45) is 0 Å². The molecule has 0 radical (unpaired) electrons. The van der Waals surface area contributed by atoms with Gasteiger partial charge in [0, 0.05) is 42.8 Å². The number of ketones is 1. The van der Waals surface area contributed by atoms with Gasteiger partial charge in [-0.05, 0) is 44.5 Å². The molecule has 9 nitrogen and oxygen atoms in total. The van der Waals surface area contributed by atoms with Gasteiger partial charge in [0.2, 0.25) is 0 Å². The minimum Gasteiger partial charge on any atom is -0.465 e. The predicted molar refractivity (Wildman–Crippen MR) is 148 cm³/mol. The number of carbonyl (C=O) groups excluding carboxylic acids is 3. The summed E-state index contributed by atoms with van der Waals surface area (Å²) in [6, 6.07) is 14.2. The standard InChI is InChI=1S/C30H29N5O4/c1-16-14-23-27(17(2)31-16)35(18(3)32-23)15-19-10-12-20(13-11-19)28(36)25-24-21(30(38)39-6)8-7-9-22(24)33-26(25)29(37)34(4)5/h7-14,33H,15H2,1-6H3. The number of aromatic amines is 1. The number of rotatable bonds is 6. The summed E-state index contributed by atoms with van der Waals surface area (Å²) in [7, 11) is 4.50. The zero-order valence-electron chi connectivity index (χ0n) is 22.7. The van der Waals surface area contributed by atoms with E-state index in [2.05, 4.69) is 14.5 Å². The van der Waals surface area contributed by atoms with E-state index < -0.39 is 5.97 Å². The highest BCUT2D eigenvalue weighted by Crippen LogP contribution is 2.30. The van der Waals surface area contributed by atoms with Crippen LogP contribution in [0.5, 0.6) is 0 Å². The van der Waals surface area contributed by atoms with Crippen molar-refractivity contribution in [3.63, 3.8) is 0 Å². The lowest BCUT2D eigenvalue weighted by molar-refractivity contribution is 0.0602. The highest BCUT2D eigenvalue weighted by Gasteiger charge is 2.28. The second-order valence-electron chi connectivity index (χ2n) is 9.78. The predicted octanol–water partition coefficient (Wildman–Crippen LogP) is 4.61. The molecule has 198 valence electrons. The Labute approximate surface area is 225 Å². The molecule has 0 saturated carbocycles. The lowest BCUT2D eigenvalue weighted by Gasteiger charge is -2.12. The molecule has 1 amide bonds. The van der Waals surface area contributed by atoms with Crippen molar-refractivity contribution < 1.29 is 19.1 Å². The van der Waals surface area contributed by atoms with Crippen LogP contribution >= 0.6 is 0 Å². The van der Waals surface area contributed by atoms with Crippen molar-refractivity contribution in [2.75, 3.05) is 21.2 Å². The van der Waals surface area contributed by atoms with Crippen LogP contribution in [-0.2, 0) is 11.3 Å². The van der Waals surface area contributed by atoms with E-state index in [1.165, 1.54) is 12.0 Å². The summed E-state index contributed by atoms with van der Waals surface area (Å²) in [5.74, 6) is -0.449. The van der Waals surface area contributed by atoms with Crippen molar-refractivity contribution in [3.05, 3.63) is 93.7 Å². The van der Waals surface area contributed by atoms with Crippen LogP contribution in [0, 0.1) is 20.8 Å². The molecule has 0 atom stereocenters. The first-order valence-electron chi connectivity index (χ1n) is 12.5. The van der Waals surface area contributed by atoms with Crippen LogP contribution in [0.4, 0.5) is 0 Å². The molecule has 0 unspecified atom stereocenters. The van der Waals surface area contributed by atoms with Crippen LogP contribution in [0.25, 0.3) is 21.9 Å². The first-order chi connectivity index (χ1) is 18.6. The summed E-state index contributed by atoms with van der Waals surface area (Å²) in [6.45, 7) is 6.46. The normalized spacial score (nSPS) is 11.2. The van der Waals surface area contributed by atoms with Gasteiger partial charge in [-0.15, -0.1) is 0 Å². The molecule has 0 saturated heterocycles. The number of hydrogen-bond donors (Lipinski definition) is 1. The fourth-order valence-corrected chi connectivity index (χ4v) is 5.04. The maximum Gasteiger partial charge on any atom is 0.338 e. The lowest BCUT2D eigenvalue weighted by atomic mass is 9.96. The van der Waals surface area contributed by atoms with Gasteiger partial charge in [-0.25, -0.2) is 9.78 Å². The highest BCUT2D eigenvalue weighted by molar-refractivity contribution is 6.24. The molecular formula is C30H29N5O4. The van der Waals surface area contributed by atoms with Crippen LogP contribution in [0.2, 0.25) is 0 Å². The van der Waals surface area contributed by atoms with Gasteiger partial charge >= 0.3 is 5.97 Å². The number of aromatic nitrogens is 4. The molecule has 5 rings (SSSR count). The number of hydrogen-bond acceptors (Lipinski definition) is 6. The number of benzene rings is 2. The number of ether oxygens (including phenoxy) is 1. The number of pyridine rings is 1. The fraction of sp³-hybridized carbons (Fsp3) is 0.233. The lowest BCUT2D eigenvalue weighted by Crippen LogP contribution is -2.24. The number of methoxy groups -OCH3 is 1. The third-order valence-electron chi connectivity index (χ3n) is 6.85. The van der Waals surface area contributed by atoms with Crippen molar-refractivity contribution in [2.45, 2.75) is 27.3 Å². The molecule has 39 heavy (non-hydrogen) atoms. The van der Waals surface area contributed by atoms with E-state index in [0.717, 1.165) is 33.8 Å². The first-order valence-corrected chi connectivity index (χ1v) is 12.5. The fourth-order valence-electron chi connectivity index (χ4n) is 5.04. The van der Waals surface area contributed by atoms with Gasteiger partial charge < -0.3 is 19.2 Å². The van der Waals surface area contributed by atoms with Gasteiger partial charge in [0.25, 0.3) is 5.91 Å². The van der Waals surface area contributed by atoms with Crippen molar-refractivity contribution in [1.82, 2.24) is 24.4 Å².